The molecule has 0 unspecified atom stereocenters. The normalized spacial score (nSPS) is 18.3. The summed E-state index contributed by atoms with van der Waals surface area (Å²) < 4.78 is 38.6. The van der Waals surface area contributed by atoms with Crippen molar-refractivity contribution >= 4 is 11.7 Å². The predicted molar refractivity (Wildman–Crippen MR) is 98.9 cm³/mol. The SMILES string of the molecule is O=C(NCCCCN1CCN(c2cccc(C(F)(F)F)c2)CC1)N1CCC1. The van der Waals surface area contributed by atoms with E-state index in [4.69, 9.17) is 0 Å². The molecule has 1 aromatic carbocycles. The van der Waals surface area contributed by atoms with Crippen LogP contribution in [0.2, 0.25) is 0 Å². The number of unbranched alkanes of at least 4 members (excludes halogenated alkanes) is 1. The van der Waals surface area contributed by atoms with Gasteiger partial charge in [-0.05, 0) is 44.0 Å². The Labute approximate surface area is 158 Å². The highest BCUT2D eigenvalue weighted by Gasteiger charge is 2.31. The second-order valence-electron chi connectivity index (χ2n) is 7.16. The maximum Gasteiger partial charge on any atom is 0.416 e. The number of urea groups is 1. The van der Waals surface area contributed by atoms with Gasteiger partial charge in [-0.15, -0.1) is 0 Å². The molecular formula is C19H27F3N4O. The number of likely N-dealkylation sites (tertiary alicyclic amines) is 1. The first-order valence-corrected chi connectivity index (χ1v) is 9.61. The molecule has 8 heteroatoms. The van der Waals surface area contributed by atoms with Crippen LogP contribution in [0.3, 0.4) is 0 Å². The van der Waals surface area contributed by atoms with Crippen LogP contribution in [-0.4, -0.2) is 68.2 Å². The van der Waals surface area contributed by atoms with Crippen LogP contribution in [0.25, 0.3) is 0 Å². The molecule has 0 radical (unpaired) electrons. The Kier molecular flexibility index (Phi) is 6.46. The molecule has 0 spiro atoms. The zero-order valence-corrected chi connectivity index (χ0v) is 15.5. The number of nitrogens with zero attached hydrogens (tertiary/aromatic N) is 3. The Balaban J connectivity index is 1.34. The summed E-state index contributed by atoms with van der Waals surface area (Å²) in [6.45, 7) is 6.52. The number of anilines is 1. The Bertz CT molecular complexity index is 626. The average Bonchev–Trinajstić information content (AvgIpc) is 2.60. The first kappa shape index (κ1) is 19.8. The highest BCUT2D eigenvalue weighted by Crippen LogP contribution is 2.31. The van der Waals surface area contributed by atoms with Crippen molar-refractivity contribution in [2.24, 2.45) is 0 Å². The average molecular weight is 384 g/mol. The summed E-state index contributed by atoms with van der Waals surface area (Å²) in [4.78, 5) is 17.8. The van der Waals surface area contributed by atoms with Gasteiger partial charge in [-0.1, -0.05) is 6.07 Å². The third kappa shape index (κ3) is 5.51. The number of alkyl halides is 3. The van der Waals surface area contributed by atoms with E-state index in [0.29, 0.717) is 12.2 Å². The standard InChI is InChI=1S/C19H27F3N4O/c20-19(21,22)16-5-3-6-17(15-16)25-13-11-24(12-14-25)8-2-1-7-23-18(27)26-9-4-10-26/h3,5-6,15H,1-2,4,7-14H2,(H,23,27). The summed E-state index contributed by atoms with van der Waals surface area (Å²) in [6, 6.07) is 5.60. The van der Waals surface area contributed by atoms with Gasteiger partial charge in [0.2, 0.25) is 0 Å². The zero-order chi connectivity index (χ0) is 19.3. The van der Waals surface area contributed by atoms with Crippen LogP contribution in [0.5, 0.6) is 0 Å². The number of carbonyl (C=O) groups excluding carboxylic acids is 1. The Morgan fingerprint density at radius 2 is 1.78 bits per heavy atom. The van der Waals surface area contributed by atoms with E-state index >= 15 is 0 Å². The van der Waals surface area contributed by atoms with Crippen LogP contribution in [-0.2, 0) is 6.18 Å². The second kappa shape index (κ2) is 8.82. The number of hydrogen-bond acceptors (Lipinski definition) is 3. The van der Waals surface area contributed by atoms with Gasteiger partial charge in [0.05, 0.1) is 5.56 Å². The van der Waals surface area contributed by atoms with E-state index in [1.54, 1.807) is 6.07 Å². The van der Waals surface area contributed by atoms with Gasteiger partial charge in [0, 0.05) is 51.5 Å². The summed E-state index contributed by atoms with van der Waals surface area (Å²) in [6.07, 6.45) is -1.26. The summed E-state index contributed by atoms with van der Waals surface area (Å²) in [5, 5.41) is 2.94. The lowest BCUT2D eigenvalue weighted by molar-refractivity contribution is -0.137. The van der Waals surface area contributed by atoms with Gasteiger partial charge in [-0.3, -0.25) is 4.90 Å². The summed E-state index contributed by atoms with van der Waals surface area (Å²) in [5.74, 6) is 0. The molecule has 5 nitrogen and oxygen atoms in total. The minimum Gasteiger partial charge on any atom is -0.369 e. The van der Waals surface area contributed by atoms with Gasteiger partial charge in [0.25, 0.3) is 0 Å². The fourth-order valence-electron chi connectivity index (χ4n) is 3.40. The largest absolute Gasteiger partial charge is 0.416 e. The highest BCUT2D eigenvalue weighted by atomic mass is 19.4. The van der Waals surface area contributed by atoms with Gasteiger partial charge < -0.3 is 15.1 Å². The zero-order valence-electron chi connectivity index (χ0n) is 15.5. The molecule has 1 aromatic rings. The molecule has 27 heavy (non-hydrogen) atoms. The molecule has 2 aliphatic heterocycles. The monoisotopic (exact) mass is 384 g/mol. The molecule has 2 heterocycles. The van der Waals surface area contributed by atoms with E-state index in [0.717, 1.165) is 71.1 Å². The van der Waals surface area contributed by atoms with Gasteiger partial charge in [0.1, 0.15) is 0 Å². The van der Waals surface area contributed by atoms with E-state index in [2.05, 4.69) is 10.2 Å². The molecule has 0 bridgehead atoms. The molecule has 3 rings (SSSR count). The smallest absolute Gasteiger partial charge is 0.369 e. The molecular weight excluding hydrogens is 357 g/mol. The van der Waals surface area contributed by atoms with Crippen LogP contribution < -0.4 is 10.2 Å². The number of nitrogens with one attached hydrogen (secondary N) is 1. The molecule has 2 fully saturated rings. The van der Waals surface area contributed by atoms with Gasteiger partial charge in [-0.2, -0.15) is 13.2 Å². The quantitative estimate of drug-likeness (QED) is 0.767. The second-order valence-corrected chi connectivity index (χ2v) is 7.16. The highest BCUT2D eigenvalue weighted by molar-refractivity contribution is 5.74. The van der Waals surface area contributed by atoms with Gasteiger partial charge in [-0.25, -0.2) is 4.79 Å². The van der Waals surface area contributed by atoms with Gasteiger partial charge >= 0.3 is 12.2 Å². The number of rotatable bonds is 6. The van der Waals surface area contributed by atoms with E-state index in [-0.39, 0.29) is 6.03 Å². The molecule has 2 saturated heterocycles. The van der Waals surface area contributed by atoms with E-state index in [1.165, 1.54) is 12.1 Å². The van der Waals surface area contributed by atoms with Crippen molar-refractivity contribution < 1.29 is 18.0 Å². The summed E-state index contributed by atoms with van der Waals surface area (Å²) in [7, 11) is 0. The van der Waals surface area contributed by atoms with Crippen molar-refractivity contribution in [1.29, 1.82) is 0 Å². The Morgan fingerprint density at radius 3 is 2.41 bits per heavy atom. The van der Waals surface area contributed by atoms with Crippen LogP contribution in [0.15, 0.2) is 24.3 Å². The number of benzene rings is 1. The van der Waals surface area contributed by atoms with Gasteiger partial charge in [0.15, 0.2) is 0 Å². The van der Waals surface area contributed by atoms with E-state index in [9.17, 15) is 18.0 Å². The maximum absolute atomic E-state index is 12.9. The van der Waals surface area contributed by atoms with E-state index in [1.807, 2.05) is 9.80 Å². The van der Waals surface area contributed by atoms with Crippen molar-refractivity contribution in [2.75, 3.05) is 57.3 Å². The lowest BCUT2D eigenvalue weighted by Gasteiger charge is -2.36. The fourth-order valence-corrected chi connectivity index (χ4v) is 3.40. The maximum atomic E-state index is 12.9. The molecule has 0 aliphatic carbocycles. The number of carbonyl (C=O) groups is 1. The first-order valence-electron chi connectivity index (χ1n) is 9.61. The number of amides is 2. The van der Waals surface area contributed by atoms with Crippen LogP contribution >= 0.6 is 0 Å². The van der Waals surface area contributed by atoms with Crippen LogP contribution in [0.1, 0.15) is 24.8 Å². The van der Waals surface area contributed by atoms with Crippen molar-refractivity contribution in [2.45, 2.75) is 25.4 Å². The van der Waals surface area contributed by atoms with Crippen molar-refractivity contribution in [3.63, 3.8) is 0 Å². The fraction of sp³-hybridized carbons (Fsp3) is 0.632. The summed E-state index contributed by atoms with van der Waals surface area (Å²) in [5.41, 5.74) is 0.0425. The minimum absolute atomic E-state index is 0.0379. The Hall–Kier alpha value is -1.96. The third-order valence-corrected chi connectivity index (χ3v) is 5.23. The molecule has 1 N–H and O–H groups in total. The molecule has 2 amide bonds. The lowest BCUT2D eigenvalue weighted by atomic mass is 10.1. The Morgan fingerprint density at radius 1 is 1.04 bits per heavy atom. The lowest BCUT2D eigenvalue weighted by Crippen LogP contribution is -2.48. The van der Waals surface area contributed by atoms with E-state index < -0.39 is 11.7 Å². The van der Waals surface area contributed by atoms with Crippen LogP contribution in [0, 0.1) is 0 Å². The molecule has 0 aromatic heterocycles. The van der Waals surface area contributed by atoms with Crippen molar-refractivity contribution in [3.8, 4) is 0 Å². The number of halogens is 3. The summed E-state index contributed by atoms with van der Waals surface area (Å²) >= 11 is 0. The molecule has 2 aliphatic rings. The molecule has 150 valence electrons. The molecule has 0 saturated carbocycles. The first-order chi connectivity index (χ1) is 12.9. The predicted octanol–water partition coefficient (Wildman–Crippen LogP) is 3.02. The minimum atomic E-state index is -4.30. The number of piperazine rings is 1. The topological polar surface area (TPSA) is 38.8 Å². The van der Waals surface area contributed by atoms with Crippen molar-refractivity contribution in [3.05, 3.63) is 29.8 Å². The third-order valence-electron chi connectivity index (χ3n) is 5.23. The van der Waals surface area contributed by atoms with Crippen molar-refractivity contribution in [1.82, 2.24) is 15.1 Å². The van der Waals surface area contributed by atoms with Crippen LogP contribution in [0.4, 0.5) is 23.7 Å². The molecule has 0 atom stereocenters. The number of hydrogen-bond donors (Lipinski definition) is 1.